The zero-order chi connectivity index (χ0) is 22.5. The van der Waals surface area contributed by atoms with Gasteiger partial charge in [-0.15, -0.1) is 0 Å². The highest BCUT2D eigenvalue weighted by atomic mass is 16.5. The fraction of sp³-hybridized carbons (Fsp3) is 0.542. The maximum Gasteiger partial charge on any atom is 0.220 e. The largest absolute Gasteiger partial charge is 0.491 e. The minimum absolute atomic E-state index is 0.0358. The summed E-state index contributed by atoms with van der Waals surface area (Å²) in [6, 6.07) is 10.2. The van der Waals surface area contributed by atoms with E-state index in [1.807, 2.05) is 55.9 Å². The summed E-state index contributed by atoms with van der Waals surface area (Å²) >= 11 is 0. The van der Waals surface area contributed by atoms with E-state index in [1.54, 1.807) is 6.92 Å². The molecule has 1 atom stereocenters. The molecule has 0 bridgehead atoms. The van der Waals surface area contributed by atoms with E-state index in [1.165, 1.54) is 5.56 Å². The number of anilines is 1. The maximum atomic E-state index is 12.1. The lowest BCUT2D eigenvalue weighted by Crippen LogP contribution is -2.30. The zero-order valence-electron chi connectivity index (χ0n) is 19.6. The number of likely N-dealkylation sites (tertiary alicyclic amines) is 1. The van der Waals surface area contributed by atoms with Crippen LogP contribution >= 0.6 is 0 Å². The summed E-state index contributed by atoms with van der Waals surface area (Å²) < 4.78 is 5.82. The third kappa shape index (κ3) is 6.17. The molecule has 1 amide bonds. The van der Waals surface area contributed by atoms with Gasteiger partial charge in [0.15, 0.2) is 5.82 Å². The number of ether oxygens (including phenoxy) is 1. The van der Waals surface area contributed by atoms with Gasteiger partial charge in [-0.1, -0.05) is 12.1 Å². The highest BCUT2D eigenvalue weighted by Crippen LogP contribution is 2.31. The number of carbonyl (C=O) groups excluding carboxylic acids is 1. The summed E-state index contributed by atoms with van der Waals surface area (Å²) in [6.07, 6.45) is 2.06. The van der Waals surface area contributed by atoms with Gasteiger partial charge in [0.25, 0.3) is 0 Å². The Morgan fingerprint density at radius 2 is 1.97 bits per heavy atom. The van der Waals surface area contributed by atoms with E-state index in [0.717, 1.165) is 49.0 Å². The lowest BCUT2D eigenvalue weighted by Gasteiger charge is -2.24. The summed E-state index contributed by atoms with van der Waals surface area (Å²) in [7, 11) is 6.05. The molecular formula is C24H35N5O2. The van der Waals surface area contributed by atoms with E-state index >= 15 is 0 Å². The lowest BCUT2D eigenvalue weighted by atomic mass is 10.2. The van der Waals surface area contributed by atoms with Crippen LogP contribution in [-0.2, 0) is 17.9 Å². The molecule has 1 aromatic heterocycles. The Bertz CT molecular complexity index is 899. The fourth-order valence-corrected chi connectivity index (χ4v) is 4.01. The number of carbonyl (C=O) groups is 1. The molecule has 1 saturated heterocycles. The molecule has 31 heavy (non-hydrogen) atoms. The first-order chi connectivity index (χ1) is 14.7. The van der Waals surface area contributed by atoms with Crippen molar-refractivity contribution < 1.29 is 9.53 Å². The van der Waals surface area contributed by atoms with Gasteiger partial charge in [-0.3, -0.25) is 9.69 Å². The first-order valence-electron chi connectivity index (χ1n) is 11.0. The van der Waals surface area contributed by atoms with Crippen LogP contribution in [0.25, 0.3) is 0 Å². The quantitative estimate of drug-likeness (QED) is 0.643. The van der Waals surface area contributed by atoms with E-state index in [9.17, 15) is 4.79 Å². The molecule has 0 spiro atoms. The molecule has 7 nitrogen and oxygen atoms in total. The van der Waals surface area contributed by atoms with Crippen molar-refractivity contribution in [2.24, 2.45) is 0 Å². The molecule has 0 aliphatic carbocycles. The van der Waals surface area contributed by atoms with E-state index in [0.29, 0.717) is 6.54 Å². The van der Waals surface area contributed by atoms with Gasteiger partial charge in [0.1, 0.15) is 11.6 Å². The number of amides is 1. The van der Waals surface area contributed by atoms with Crippen molar-refractivity contribution in [3.63, 3.8) is 0 Å². The van der Waals surface area contributed by atoms with Gasteiger partial charge < -0.3 is 14.5 Å². The second-order valence-corrected chi connectivity index (χ2v) is 8.83. The molecule has 0 radical (unpaired) electrons. The average molecular weight is 426 g/mol. The summed E-state index contributed by atoms with van der Waals surface area (Å²) in [5.41, 5.74) is 2.16. The number of rotatable bonds is 8. The summed E-state index contributed by atoms with van der Waals surface area (Å²) in [4.78, 5) is 27.8. The molecule has 2 aromatic rings. The van der Waals surface area contributed by atoms with Crippen molar-refractivity contribution >= 4 is 11.7 Å². The molecule has 0 unspecified atom stereocenters. The molecule has 1 aromatic carbocycles. The average Bonchev–Trinajstić information content (AvgIpc) is 3.17. The predicted molar refractivity (Wildman–Crippen MR) is 123 cm³/mol. The van der Waals surface area contributed by atoms with E-state index in [4.69, 9.17) is 14.7 Å². The van der Waals surface area contributed by atoms with Crippen LogP contribution < -0.4 is 9.64 Å². The van der Waals surface area contributed by atoms with E-state index in [-0.39, 0.29) is 18.1 Å². The van der Waals surface area contributed by atoms with Crippen molar-refractivity contribution in [3.8, 4) is 5.75 Å². The van der Waals surface area contributed by atoms with Gasteiger partial charge in [-0.2, -0.15) is 0 Å². The summed E-state index contributed by atoms with van der Waals surface area (Å²) in [5.74, 6) is 2.60. The second kappa shape index (κ2) is 10.1. The van der Waals surface area contributed by atoms with Crippen LogP contribution in [0.5, 0.6) is 5.75 Å². The van der Waals surface area contributed by atoms with Crippen LogP contribution in [0.3, 0.4) is 0 Å². The number of benzene rings is 1. The minimum atomic E-state index is -0.0358. The van der Waals surface area contributed by atoms with Crippen LogP contribution in [0, 0.1) is 0 Å². The third-order valence-corrected chi connectivity index (χ3v) is 5.35. The predicted octanol–water partition coefficient (Wildman–Crippen LogP) is 3.65. The van der Waals surface area contributed by atoms with Gasteiger partial charge in [-0.05, 0) is 51.4 Å². The van der Waals surface area contributed by atoms with Gasteiger partial charge in [0, 0.05) is 46.7 Å². The van der Waals surface area contributed by atoms with Crippen LogP contribution in [-0.4, -0.2) is 59.5 Å². The van der Waals surface area contributed by atoms with Crippen LogP contribution in [0.1, 0.15) is 56.7 Å². The monoisotopic (exact) mass is 425 g/mol. The normalized spacial score (nSPS) is 16.3. The Morgan fingerprint density at radius 1 is 1.19 bits per heavy atom. The Balaban J connectivity index is 1.77. The second-order valence-electron chi connectivity index (χ2n) is 8.83. The molecule has 1 fully saturated rings. The van der Waals surface area contributed by atoms with Crippen LogP contribution in [0.15, 0.2) is 30.3 Å². The van der Waals surface area contributed by atoms with E-state index in [2.05, 4.69) is 24.1 Å². The number of aromatic nitrogens is 2. The van der Waals surface area contributed by atoms with Crippen molar-refractivity contribution in [2.75, 3.05) is 32.6 Å². The van der Waals surface area contributed by atoms with Gasteiger partial charge >= 0.3 is 0 Å². The van der Waals surface area contributed by atoms with Gasteiger partial charge in [0.2, 0.25) is 5.91 Å². The van der Waals surface area contributed by atoms with Crippen LogP contribution in [0.4, 0.5) is 5.82 Å². The SMILES string of the molecule is CC(=O)N1CCC[C@@H]1c1nc(CN(C)Cc2cccc(OC(C)C)c2)cc(N(C)C)n1. The molecule has 168 valence electrons. The van der Waals surface area contributed by atoms with Gasteiger partial charge in [-0.25, -0.2) is 9.97 Å². The zero-order valence-corrected chi connectivity index (χ0v) is 19.6. The maximum absolute atomic E-state index is 12.1. The molecule has 3 rings (SSSR count). The van der Waals surface area contributed by atoms with Crippen molar-refractivity contribution in [1.82, 2.24) is 19.8 Å². The van der Waals surface area contributed by atoms with Crippen molar-refractivity contribution in [3.05, 3.63) is 47.4 Å². The van der Waals surface area contributed by atoms with Gasteiger partial charge in [0.05, 0.1) is 17.8 Å². The van der Waals surface area contributed by atoms with Crippen molar-refractivity contribution in [1.29, 1.82) is 0 Å². The standard InChI is InChI=1S/C24H35N5O2/c1-17(2)31-21-10-7-9-19(13-21)15-28(6)16-20-14-23(27(4)5)26-24(25-20)22-11-8-12-29(22)18(3)30/h7,9-10,13-14,17,22H,8,11-12,15-16H2,1-6H3/t22-/m1/s1. The lowest BCUT2D eigenvalue weighted by molar-refractivity contribution is -0.129. The molecule has 0 saturated carbocycles. The molecule has 2 heterocycles. The van der Waals surface area contributed by atoms with Crippen molar-refractivity contribution in [2.45, 2.75) is 58.8 Å². The molecule has 1 aliphatic heterocycles. The number of hydrogen-bond donors (Lipinski definition) is 0. The third-order valence-electron chi connectivity index (χ3n) is 5.35. The Kier molecular flexibility index (Phi) is 7.49. The fourth-order valence-electron chi connectivity index (χ4n) is 4.01. The highest BCUT2D eigenvalue weighted by molar-refractivity contribution is 5.74. The topological polar surface area (TPSA) is 61.8 Å². The molecule has 0 N–H and O–H groups in total. The molecule has 7 heteroatoms. The first kappa shape index (κ1) is 23.0. The minimum Gasteiger partial charge on any atom is -0.491 e. The Labute approximate surface area is 186 Å². The summed E-state index contributed by atoms with van der Waals surface area (Å²) in [6.45, 7) is 7.95. The number of nitrogens with zero attached hydrogens (tertiary/aromatic N) is 5. The summed E-state index contributed by atoms with van der Waals surface area (Å²) in [5, 5.41) is 0. The smallest absolute Gasteiger partial charge is 0.220 e. The Hall–Kier alpha value is -2.67. The highest BCUT2D eigenvalue weighted by Gasteiger charge is 2.30. The first-order valence-corrected chi connectivity index (χ1v) is 11.0. The van der Waals surface area contributed by atoms with Crippen LogP contribution in [0.2, 0.25) is 0 Å². The molecule has 1 aliphatic rings. The molecular weight excluding hydrogens is 390 g/mol. The Morgan fingerprint density at radius 3 is 2.65 bits per heavy atom. The number of hydrogen-bond acceptors (Lipinski definition) is 6. The van der Waals surface area contributed by atoms with E-state index < -0.39 is 0 Å².